The predicted molar refractivity (Wildman–Crippen MR) is 124 cm³/mol. The van der Waals surface area contributed by atoms with Crippen molar-refractivity contribution in [2.75, 3.05) is 0 Å². The fourth-order valence-corrected chi connectivity index (χ4v) is 3.58. The molecule has 0 aliphatic carbocycles. The van der Waals surface area contributed by atoms with E-state index >= 15 is 0 Å². The molecule has 0 saturated carbocycles. The van der Waals surface area contributed by atoms with Gasteiger partial charge in [0.15, 0.2) is 5.43 Å². The lowest BCUT2D eigenvalue weighted by Crippen LogP contribution is -2.01. The number of nitrogens with one attached hydrogen (secondary N) is 1. The van der Waals surface area contributed by atoms with Crippen LogP contribution in [0.3, 0.4) is 0 Å². The zero-order valence-electron chi connectivity index (χ0n) is 15.9. The molecule has 28 heavy (non-hydrogen) atoms. The molecule has 0 atom stereocenters. The number of H-pyrrole nitrogens is 1. The lowest BCUT2D eigenvalue weighted by Gasteiger charge is -2.04. The number of aryl methyl sites for hydroxylation is 2. The molecule has 0 aliphatic rings. The Labute approximate surface area is 172 Å². The van der Waals surface area contributed by atoms with Crippen LogP contribution in [0.15, 0.2) is 71.2 Å². The van der Waals surface area contributed by atoms with Crippen molar-refractivity contribution in [1.29, 1.82) is 0 Å². The Balaban J connectivity index is 0.000000161. The molecule has 0 fully saturated rings. The Bertz CT molecular complexity index is 1250. The van der Waals surface area contributed by atoms with Gasteiger partial charge in [0, 0.05) is 33.7 Å². The lowest BCUT2D eigenvalue weighted by atomic mass is 10.1. The van der Waals surface area contributed by atoms with E-state index < -0.39 is 0 Å². The summed E-state index contributed by atoms with van der Waals surface area (Å²) in [5.41, 5.74) is 6.35. The first kappa shape index (κ1) is 19.8. The standard InChI is InChI=1S/C12H10BrN.C12H11NO/c1-3-9-6-8(2)12-10(7-9)11(13)4-5-14-12;1-3-9-6-8(2)12-10(7-9)11(14)4-5-13-12/h3-7H,1H2,2H3;3-7H,1H2,2H3,(H,13,14). The van der Waals surface area contributed by atoms with Gasteiger partial charge in [-0.05, 0) is 66.4 Å². The van der Waals surface area contributed by atoms with E-state index in [0.717, 1.165) is 43.0 Å². The van der Waals surface area contributed by atoms with Gasteiger partial charge in [-0.2, -0.15) is 0 Å². The Kier molecular flexibility index (Phi) is 5.90. The maximum absolute atomic E-state index is 11.5. The minimum absolute atomic E-state index is 0.0468. The van der Waals surface area contributed by atoms with Gasteiger partial charge in [-0.15, -0.1) is 0 Å². The summed E-state index contributed by atoms with van der Waals surface area (Å²) in [7, 11) is 0. The fourth-order valence-electron chi connectivity index (χ4n) is 3.16. The van der Waals surface area contributed by atoms with E-state index in [1.807, 2.05) is 37.4 Å². The fraction of sp³-hybridized carbons (Fsp3) is 0.0833. The number of benzene rings is 2. The number of hydrogen-bond acceptors (Lipinski definition) is 2. The molecule has 0 bridgehead atoms. The first-order valence-corrected chi connectivity index (χ1v) is 9.65. The largest absolute Gasteiger partial charge is 0.361 e. The van der Waals surface area contributed by atoms with Crippen LogP contribution >= 0.6 is 15.9 Å². The van der Waals surface area contributed by atoms with Gasteiger partial charge in [-0.25, -0.2) is 0 Å². The van der Waals surface area contributed by atoms with E-state index in [4.69, 9.17) is 0 Å². The molecule has 0 aliphatic heterocycles. The molecule has 0 amide bonds. The molecule has 2 heterocycles. The third-order valence-corrected chi connectivity index (χ3v) is 5.25. The zero-order valence-corrected chi connectivity index (χ0v) is 17.5. The molecule has 140 valence electrons. The molecule has 1 N–H and O–H groups in total. The summed E-state index contributed by atoms with van der Waals surface area (Å²) in [6, 6.07) is 11.5. The minimum Gasteiger partial charge on any atom is -0.361 e. The first-order chi connectivity index (χ1) is 13.4. The molecule has 0 saturated heterocycles. The van der Waals surface area contributed by atoms with E-state index in [2.05, 4.69) is 58.1 Å². The molecular weight excluding hydrogens is 412 g/mol. The molecule has 0 spiro atoms. The van der Waals surface area contributed by atoms with Crippen molar-refractivity contribution in [1.82, 2.24) is 9.97 Å². The predicted octanol–water partition coefficient (Wildman–Crippen LogP) is 6.43. The molecule has 0 radical (unpaired) electrons. The second-order valence-electron chi connectivity index (χ2n) is 6.54. The van der Waals surface area contributed by atoms with Crippen LogP contribution in [0.5, 0.6) is 0 Å². The van der Waals surface area contributed by atoms with E-state index in [0.29, 0.717) is 0 Å². The third kappa shape index (κ3) is 3.97. The topological polar surface area (TPSA) is 45.8 Å². The number of aromatic amines is 1. The summed E-state index contributed by atoms with van der Waals surface area (Å²) >= 11 is 3.52. The Morgan fingerprint density at radius 2 is 1.61 bits per heavy atom. The zero-order chi connectivity index (χ0) is 20.3. The Morgan fingerprint density at radius 3 is 2.29 bits per heavy atom. The Hall–Kier alpha value is -2.98. The van der Waals surface area contributed by atoms with Crippen LogP contribution in [0.1, 0.15) is 22.3 Å². The van der Waals surface area contributed by atoms with Gasteiger partial charge in [-0.1, -0.05) is 41.2 Å². The van der Waals surface area contributed by atoms with Crippen LogP contribution in [0.25, 0.3) is 34.0 Å². The van der Waals surface area contributed by atoms with Gasteiger partial charge < -0.3 is 4.98 Å². The molecular formula is C24H21BrN2O. The average Bonchev–Trinajstić information content (AvgIpc) is 2.70. The van der Waals surface area contributed by atoms with Crippen LogP contribution in [-0.4, -0.2) is 9.97 Å². The second kappa shape index (κ2) is 8.36. The van der Waals surface area contributed by atoms with Crippen LogP contribution in [-0.2, 0) is 0 Å². The summed E-state index contributed by atoms with van der Waals surface area (Å²) < 4.78 is 1.08. The molecule has 4 heteroatoms. The smallest absolute Gasteiger partial charge is 0.189 e. The van der Waals surface area contributed by atoms with Crippen LogP contribution < -0.4 is 5.43 Å². The second-order valence-corrected chi connectivity index (χ2v) is 7.39. The molecule has 2 aromatic heterocycles. The number of aromatic nitrogens is 2. The van der Waals surface area contributed by atoms with Gasteiger partial charge in [0.25, 0.3) is 0 Å². The van der Waals surface area contributed by atoms with Gasteiger partial charge in [-0.3, -0.25) is 9.78 Å². The van der Waals surface area contributed by atoms with Crippen molar-refractivity contribution in [3.05, 3.63) is 98.9 Å². The summed E-state index contributed by atoms with van der Waals surface area (Å²) in [4.78, 5) is 19.0. The van der Waals surface area contributed by atoms with E-state index in [9.17, 15) is 4.79 Å². The van der Waals surface area contributed by atoms with Crippen molar-refractivity contribution in [3.63, 3.8) is 0 Å². The van der Waals surface area contributed by atoms with Gasteiger partial charge in [0.2, 0.25) is 0 Å². The summed E-state index contributed by atoms with van der Waals surface area (Å²) in [5, 5.41) is 1.87. The maximum atomic E-state index is 11.5. The van der Waals surface area contributed by atoms with E-state index in [1.165, 1.54) is 11.6 Å². The average molecular weight is 433 g/mol. The number of hydrogen-bond donors (Lipinski definition) is 1. The van der Waals surface area contributed by atoms with Crippen molar-refractivity contribution in [3.8, 4) is 0 Å². The molecule has 3 nitrogen and oxygen atoms in total. The number of pyridine rings is 2. The number of rotatable bonds is 2. The molecule has 0 unspecified atom stereocenters. The SMILES string of the molecule is C=Cc1cc(C)c2[nH]ccc(=O)c2c1.C=Cc1cc(C)c2nccc(Br)c2c1. The number of halogens is 1. The lowest BCUT2D eigenvalue weighted by molar-refractivity contribution is 1.35. The molecule has 4 rings (SSSR count). The van der Waals surface area contributed by atoms with Crippen LogP contribution in [0.2, 0.25) is 0 Å². The highest BCUT2D eigenvalue weighted by molar-refractivity contribution is 9.10. The van der Waals surface area contributed by atoms with Gasteiger partial charge in [0.1, 0.15) is 0 Å². The minimum atomic E-state index is 0.0468. The van der Waals surface area contributed by atoms with Crippen molar-refractivity contribution >= 4 is 49.9 Å². The van der Waals surface area contributed by atoms with E-state index in [1.54, 1.807) is 12.3 Å². The molecule has 4 aromatic rings. The molecule has 2 aromatic carbocycles. The summed E-state index contributed by atoms with van der Waals surface area (Å²) in [6.07, 6.45) is 7.09. The number of nitrogens with zero attached hydrogens (tertiary/aromatic N) is 1. The maximum Gasteiger partial charge on any atom is 0.189 e. The van der Waals surface area contributed by atoms with Crippen molar-refractivity contribution < 1.29 is 0 Å². The van der Waals surface area contributed by atoms with Crippen LogP contribution in [0.4, 0.5) is 0 Å². The highest BCUT2D eigenvalue weighted by Crippen LogP contribution is 2.26. The monoisotopic (exact) mass is 432 g/mol. The van der Waals surface area contributed by atoms with Gasteiger partial charge >= 0.3 is 0 Å². The van der Waals surface area contributed by atoms with Crippen LogP contribution in [0, 0.1) is 13.8 Å². The quantitative estimate of drug-likeness (QED) is 0.396. The third-order valence-electron chi connectivity index (χ3n) is 4.56. The van der Waals surface area contributed by atoms with E-state index in [-0.39, 0.29) is 5.43 Å². The highest BCUT2D eigenvalue weighted by atomic mass is 79.9. The van der Waals surface area contributed by atoms with Crippen molar-refractivity contribution in [2.45, 2.75) is 13.8 Å². The highest BCUT2D eigenvalue weighted by Gasteiger charge is 2.03. The normalized spacial score (nSPS) is 10.4. The number of fused-ring (bicyclic) bond motifs is 2. The first-order valence-electron chi connectivity index (χ1n) is 8.86. The van der Waals surface area contributed by atoms with Gasteiger partial charge in [0.05, 0.1) is 11.0 Å². The summed E-state index contributed by atoms with van der Waals surface area (Å²) in [5.74, 6) is 0. The summed E-state index contributed by atoms with van der Waals surface area (Å²) in [6.45, 7) is 11.5. The Morgan fingerprint density at radius 1 is 0.964 bits per heavy atom. The van der Waals surface area contributed by atoms with Crippen molar-refractivity contribution in [2.24, 2.45) is 0 Å².